The predicted octanol–water partition coefficient (Wildman–Crippen LogP) is 3.13. The lowest BCUT2D eigenvalue weighted by Crippen LogP contribution is -2.43. The van der Waals surface area contributed by atoms with Crippen LogP contribution in [-0.2, 0) is 5.72 Å². The first-order valence-electron chi connectivity index (χ1n) is 6.52. The fraction of sp³-hybridized carbons (Fsp3) is 0.125. The zero-order chi connectivity index (χ0) is 14.9. The molecule has 1 aliphatic rings. The van der Waals surface area contributed by atoms with E-state index in [1.807, 2.05) is 18.2 Å². The number of aliphatic hydroxyl groups is 1. The van der Waals surface area contributed by atoms with E-state index in [4.69, 9.17) is 0 Å². The van der Waals surface area contributed by atoms with Gasteiger partial charge < -0.3 is 5.11 Å². The van der Waals surface area contributed by atoms with Gasteiger partial charge in [-0.05, 0) is 24.3 Å². The Kier molecular flexibility index (Phi) is 3.61. The number of rotatable bonds is 2. The number of amides is 1. The molecule has 1 N–H and O–H groups in total. The number of hydrazone groups is 1. The summed E-state index contributed by atoms with van der Waals surface area (Å²) in [5.41, 5.74) is -0.312. The Morgan fingerprint density at radius 3 is 2.48 bits per heavy atom. The molecule has 0 bridgehead atoms. The minimum Gasteiger partial charge on any atom is -0.365 e. The third-order valence-electron chi connectivity index (χ3n) is 3.44. The summed E-state index contributed by atoms with van der Waals surface area (Å²) in [5.74, 6) is -0.324. The Labute approximate surface area is 130 Å². The van der Waals surface area contributed by atoms with E-state index in [1.54, 1.807) is 42.6 Å². The van der Waals surface area contributed by atoms with E-state index in [9.17, 15) is 9.90 Å². The summed E-state index contributed by atoms with van der Waals surface area (Å²) in [6, 6.07) is 16.0. The molecule has 0 saturated heterocycles. The number of nitrogens with zero attached hydrogens (tertiary/aromatic N) is 2. The van der Waals surface area contributed by atoms with Crippen LogP contribution >= 0.6 is 15.9 Å². The number of benzene rings is 2. The Bertz CT molecular complexity index is 685. The Morgan fingerprint density at radius 1 is 1.14 bits per heavy atom. The molecule has 0 fully saturated rings. The van der Waals surface area contributed by atoms with Gasteiger partial charge in [0.15, 0.2) is 5.72 Å². The van der Waals surface area contributed by atoms with Crippen molar-refractivity contribution in [3.63, 3.8) is 0 Å². The minimum absolute atomic E-state index is 0.271. The van der Waals surface area contributed by atoms with Gasteiger partial charge in [-0.15, -0.1) is 0 Å². The molecule has 0 aromatic heterocycles. The molecule has 0 aliphatic carbocycles. The largest absolute Gasteiger partial charge is 0.365 e. The summed E-state index contributed by atoms with van der Waals surface area (Å²) in [5, 5.41) is 16.1. The molecule has 0 radical (unpaired) electrons. The maximum absolute atomic E-state index is 12.5. The molecule has 0 unspecified atom stereocenters. The van der Waals surface area contributed by atoms with Gasteiger partial charge in [-0.3, -0.25) is 4.79 Å². The lowest BCUT2D eigenvalue weighted by atomic mass is 9.99. The lowest BCUT2D eigenvalue weighted by Gasteiger charge is -2.31. The van der Waals surface area contributed by atoms with Crippen molar-refractivity contribution in [2.75, 3.05) is 0 Å². The number of halogens is 1. The highest BCUT2D eigenvalue weighted by Gasteiger charge is 2.42. The van der Waals surface area contributed by atoms with Crippen LogP contribution in [0.4, 0.5) is 0 Å². The van der Waals surface area contributed by atoms with E-state index in [2.05, 4.69) is 21.0 Å². The van der Waals surface area contributed by atoms with Gasteiger partial charge in [0.1, 0.15) is 0 Å². The van der Waals surface area contributed by atoms with E-state index in [1.165, 1.54) is 0 Å². The zero-order valence-corrected chi connectivity index (χ0v) is 12.7. The van der Waals surface area contributed by atoms with Crippen LogP contribution in [0.1, 0.15) is 22.3 Å². The number of carbonyl (C=O) groups excluding carboxylic acids is 1. The van der Waals surface area contributed by atoms with Crippen molar-refractivity contribution in [2.45, 2.75) is 12.1 Å². The van der Waals surface area contributed by atoms with Crippen LogP contribution in [0.25, 0.3) is 0 Å². The fourth-order valence-electron chi connectivity index (χ4n) is 2.31. The maximum atomic E-state index is 12.5. The highest BCUT2D eigenvalue weighted by molar-refractivity contribution is 9.10. The first-order chi connectivity index (χ1) is 10.1. The third kappa shape index (κ3) is 2.50. The Morgan fingerprint density at radius 2 is 1.81 bits per heavy atom. The van der Waals surface area contributed by atoms with E-state index in [0.717, 1.165) is 9.48 Å². The van der Waals surface area contributed by atoms with Crippen LogP contribution in [0.2, 0.25) is 0 Å². The van der Waals surface area contributed by atoms with Crippen LogP contribution in [0, 0.1) is 0 Å². The first kappa shape index (κ1) is 14.0. The Hall–Kier alpha value is -1.98. The zero-order valence-electron chi connectivity index (χ0n) is 11.1. The monoisotopic (exact) mass is 344 g/mol. The average Bonchev–Trinajstić information content (AvgIpc) is 2.91. The van der Waals surface area contributed by atoms with Crippen molar-refractivity contribution in [1.29, 1.82) is 0 Å². The summed E-state index contributed by atoms with van der Waals surface area (Å²) in [4.78, 5) is 12.5. The van der Waals surface area contributed by atoms with Gasteiger partial charge in [0, 0.05) is 28.2 Å². The van der Waals surface area contributed by atoms with Crippen LogP contribution < -0.4 is 0 Å². The van der Waals surface area contributed by atoms with Crippen LogP contribution in [-0.4, -0.2) is 22.2 Å². The predicted molar refractivity (Wildman–Crippen MR) is 83.8 cm³/mol. The lowest BCUT2D eigenvalue weighted by molar-refractivity contribution is -0.0764. The molecule has 3 rings (SSSR count). The highest BCUT2D eigenvalue weighted by Crippen LogP contribution is 2.34. The van der Waals surface area contributed by atoms with Crippen molar-refractivity contribution in [3.05, 3.63) is 70.2 Å². The van der Waals surface area contributed by atoms with Crippen molar-refractivity contribution in [1.82, 2.24) is 5.01 Å². The maximum Gasteiger partial charge on any atom is 0.276 e. The molecule has 2 aromatic carbocycles. The summed E-state index contributed by atoms with van der Waals surface area (Å²) < 4.78 is 0.912. The number of hydrogen-bond donors (Lipinski definition) is 1. The molecule has 5 heteroatoms. The van der Waals surface area contributed by atoms with E-state index in [-0.39, 0.29) is 12.3 Å². The van der Waals surface area contributed by atoms with Gasteiger partial charge in [-0.1, -0.05) is 46.3 Å². The van der Waals surface area contributed by atoms with Crippen molar-refractivity contribution in [2.24, 2.45) is 5.10 Å². The van der Waals surface area contributed by atoms with Gasteiger partial charge in [-0.25, -0.2) is 0 Å². The fourth-order valence-corrected chi connectivity index (χ4v) is 2.58. The highest BCUT2D eigenvalue weighted by atomic mass is 79.9. The second kappa shape index (κ2) is 5.42. The Balaban J connectivity index is 1.96. The molecule has 0 saturated carbocycles. The third-order valence-corrected chi connectivity index (χ3v) is 3.97. The SMILES string of the molecule is O=C(c1ccccc1)N1N=CC[C@@]1(O)c1ccc(Br)cc1. The molecular weight excluding hydrogens is 332 g/mol. The molecule has 4 nitrogen and oxygen atoms in total. The normalized spacial score (nSPS) is 20.8. The second-order valence-corrected chi connectivity index (χ2v) is 5.72. The van der Waals surface area contributed by atoms with Gasteiger partial charge in [0.2, 0.25) is 0 Å². The van der Waals surface area contributed by atoms with Crippen molar-refractivity contribution >= 4 is 28.1 Å². The van der Waals surface area contributed by atoms with Crippen molar-refractivity contribution < 1.29 is 9.90 Å². The summed E-state index contributed by atoms with van der Waals surface area (Å²) in [6.07, 6.45) is 1.83. The van der Waals surface area contributed by atoms with Crippen LogP contribution in [0.15, 0.2) is 64.2 Å². The molecule has 0 spiro atoms. The quantitative estimate of drug-likeness (QED) is 0.909. The van der Waals surface area contributed by atoms with E-state index in [0.29, 0.717) is 11.1 Å². The first-order valence-corrected chi connectivity index (χ1v) is 7.31. The number of hydrogen-bond acceptors (Lipinski definition) is 3. The smallest absolute Gasteiger partial charge is 0.276 e. The molecular formula is C16H13BrN2O2. The molecule has 1 atom stereocenters. The van der Waals surface area contributed by atoms with Crippen LogP contribution in [0.3, 0.4) is 0 Å². The summed E-state index contributed by atoms with van der Waals surface area (Å²) in [7, 11) is 0. The van der Waals surface area contributed by atoms with E-state index < -0.39 is 5.72 Å². The summed E-state index contributed by atoms with van der Waals surface area (Å²) >= 11 is 3.36. The molecule has 1 heterocycles. The summed E-state index contributed by atoms with van der Waals surface area (Å²) in [6.45, 7) is 0. The van der Waals surface area contributed by atoms with Crippen molar-refractivity contribution in [3.8, 4) is 0 Å². The molecule has 106 valence electrons. The number of carbonyl (C=O) groups is 1. The molecule has 2 aromatic rings. The topological polar surface area (TPSA) is 52.9 Å². The second-order valence-electron chi connectivity index (χ2n) is 4.81. The minimum atomic E-state index is -1.44. The molecule has 1 aliphatic heterocycles. The molecule has 1 amide bonds. The molecule has 21 heavy (non-hydrogen) atoms. The van der Waals surface area contributed by atoms with Gasteiger partial charge in [0.25, 0.3) is 5.91 Å². The average molecular weight is 345 g/mol. The van der Waals surface area contributed by atoms with Gasteiger partial charge in [-0.2, -0.15) is 10.1 Å². The van der Waals surface area contributed by atoms with Gasteiger partial charge >= 0.3 is 0 Å². The van der Waals surface area contributed by atoms with Gasteiger partial charge in [0.05, 0.1) is 0 Å². The van der Waals surface area contributed by atoms with Crippen LogP contribution in [0.5, 0.6) is 0 Å². The standard InChI is InChI=1S/C16H13BrN2O2/c17-14-8-6-13(7-9-14)16(21)10-11-18-19(16)15(20)12-4-2-1-3-5-12/h1-9,11,21H,10H2/t16-/m1/s1. The van der Waals surface area contributed by atoms with E-state index >= 15 is 0 Å².